The molecule has 3 aromatic rings. The van der Waals surface area contributed by atoms with Gasteiger partial charge in [-0.3, -0.25) is 4.79 Å². The van der Waals surface area contributed by atoms with E-state index in [9.17, 15) is 4.79 Å². The summed E-state index contributed by atoms with van der Waals surface area (Å²) in [5.41, 5.74) is 2.72. The average molecular weight is 379 g/mol. The number of nitrogens with zero attached hydrogens (tertiary/aromatic N) is 1. The van der Waals surface area contributed by atoms with E-state index in [1.807, 2.05) is 60.7 Å². The number of methoxy groups -OCH3 is 2. The Morgan fingerprint density at radius 3 is 2.37 bits per heavy atom. The van der Waals surface area contributed by atoms with Crippen molar-refractivity contribution in [3.63, 3.8) is 0 Å². The van der Waals surface area contributed by atoms with E-state index in [2.05, 4.69) is 10.3 Å². The van der Waals surface area contributed by atoms with Crippen molar-refractivity contribution in [2.45, 2.75) is 6.92 Å². The standard InChI is InChI=1S/C21H20N2O3S/c1-14(24)22-16-10-8-15(9-11-16)6-4-5-7-21-23-17-12-18(25-2)19(26-3)13-20(17)27-21/h4-13H,1-3H3,(H,22,24)/b6-4+,7-5+/i3-1. The average Bonchev–Trinajstić information content (AvgIpc) is 3.06. The van der Waals surface area contributed by atoms with Gasteiger partial charge in [-0.2, -0.15) is 0 Å². The Morgan fingerprint density at radius 2 is 1.70 bits per heavy atom. The van der Waals surface area contributed by atoms with Crippen LogP contribution >= 0.6 is 11.3 Å². The smallest absolute Gasteiger partial charge is 0.221 e. The highest BCUT2D eigenvalue weighted by Crippen LogP contribution is 2.34. The zero-order valence-electron chi connectivity index (χ0n) is 15.4. The van der Waals surface area contributed by atoms with Crippen LogP contribution in [0.4, 0.5) is 5.69 Å². The molecular weight excluding hydrogens is 359 g/mol. The molecule has 0 saturated carbocycles. The number of rotatable bonds is 6. The number of aromatic nitrogens is 1. The van der Waals surface area contributed by atoms with Crippen LogP contribution in [0.25, 0.3) is 22.4 Å². The van der Waals surface area contributed by atoms with Gasteiger partial charge in [-0.15, -0.1) is 11.3 Å². The number of hydrogen-bond donors (Lipinski definition) is 1. The maximum Gasteiger partial charge on any atom is 0.221 e. The first kappa shape index (κ1) is 18.7. The highest BCUT2D eigenvalue weighted by atomic mass is 32.1. The molecule has 0 saturated heterocycles. The largest absolute Gasteiger partial charge is 0.493 e. The quantitative estimate of drug-likeness (QED) is 0.613. The highest BCUT2D eigenvalue weighted by Gasteiger charge is 2.09. The number of amides is 1. The third-order valence-corrected chi connectivity index (χ3v) is 4.76. The molecule has 138 valence electrons. The summed E-state index contributed by atoms with van der Waals surface area (Å²) in [5, 5.41) is 3.66. The first-order chi connectivity index (χ1) is 13.1. The first-order valence-corrected chi connectivity index (χ1v) is 9.15. The Bertz CT molecular complexity index is 963. The Kier molecular flexibility index (Phi) is 5.88. The van der Waals surface area contributed by atoms with Crippen molar-refractivity contribution >= 4 is 45.3 Å². The monoisotopic (exact) mass is 379 g/mol. The fraction of sp³-hybridized carbons (Fsp3) is 0.143. The number of benzene rings is 2. The summed E-state index contributed by atoms with van der Waals surface area (Å²) in [7, 11) is 3.24. The zero-order chi connectivity index (χ0) is 19.2. The van der Waals surface area contributed by atoms with Gasteiger partial charge in [-0.25, -0.2) is 4.98 Å². The van der Waals surface area contributed by atoms with Gasteiger partial charge in [0.1, 0.15) is 5.01 Å². The van der Waals surface area contributed by atoms with Gasteiger partial charge in [0.25, 0.3) is 0 Å². The Morgan fingerprint density at radius 1 is 1.04 bits per heavy atom. The van der Waals surface area contributed by atoms with Crippen molar-refractivity contribution in [1.29, 1.82) is 0 Å². The lowest BCUT2D eigenvalue weighted by Gasteiger charge is -2.05. The lowest BCUT2D eigenvalue weighted by molar-refractivity contribution is -0.114. The minimum absolute atomic E-state index is 0.0766. The second-order valence-corrected chi connectivity index (χ2v) is 6.81. The molecule has 6 heteroatoms. The van der Waals surface area contributed by atoms with E-state index in [1.54, 1.807) is 25.6 Å². The van der Waals surface area contributed by atoms with Crippen LogP contribution in [0, 0.1) is 0 Å². The minimum atomic E-state index is -0.0766. The molecular formula is C21H20N2O3S. The van der Waals surface area contributed by atoms with Crippen LogP contribution in [-0.2, 0) is 4.79 Å². The summed E-state index contributed by atoms with van der Waals surface area (Å²) in [6.07, 6.45) is 7.87. The second-order valence-electron chi connectivity index (χ2n) is 5.75. The van der Waals surface area contributed by atoms with E-state index >= 15 is 0 Å². The van der Waals surface area contributed by atoms with Crippen LogP contribution < -0.4 is 14.8 Å². The van der Waals surface area contributed by atoms with Crippen molar-refractivity contribution in [1.82, 2.24) is 4.98 Å². The van der Waals surface area contributed by atoms with E-state index in [1.165, 1.54) is 6.92 Å². The predicted molar refractivity (Wildman–Crippen MR) is 112 cm³/mol. The van der Waals surface area contributed by atoms with Gasteiger partial charge in [0.05, 0.1) is 24.4 Å². The molecule has 2 aromatic carbocycles. The highest BCUT2D eigenvalue weighted by molar-refractivity contribution is 7.19. The second kappa shape index (κ2) is 8.51. The first-order valence-electron chi connectivity index (χ1n) is 8.34. The van der Waals surface area contributed by atoms with E-state index < -0.39 is 0 Å². The normalized spacial score (nSPS) is 11.4. The summed E-state index contributed by atoms with van der Waals surface area (Å²) in [6, 6.07) is 11.5. The Hall–Kier alpha value is -3.12. The maximum absolute atomic E-state index is 11.0. The fourth-order valence-corrected chi connectivity index (χ4v) is 3.42. The molecule has 27 heavy (non-hydrogen) atoms. The van der Waals surface area contributed by atoms with Gasteiger partial charge in [0, 0.05) is 24.7 Å². The van der Waals surface area contributed by atoms with Crippen LogP contribution in [0.3, 0.4) is 0 Å². The van der Waals surface area contributed by atoms with Crippen molar-refractivity contribution in [2.75, 3.05) is 19.5 Å². The number of ether oxygens (including phenoxy) is 2. The number of fused-ring (bicyclic) bond motifs is 1. The third-order valence-electron chi connectivity index (χ3n) is 3.78. The van der Waals surface area contributed by atoms with Crippen molar-refractivity contribution in [2.24, 2.45) is 0 Å². The molecule has 1 heterocycles. The number of thiazole rings is 1. The van der Waals surface area contributed by atoms with Crippen molar-refractivity contribution < 1.29 is 14.3 Å². The number of anilines is 1. The summed E-state index contributed by atoms with van der Waals surface area (Å²) in [6.45, 7) is 1.49. The Labute approximate surface area is 162 Å². The summed E-state index contributed by atoms with van der Waals surface area (Å²) < 4.78 is 11.7. The molecule has 0 atom stereocenters. The topological polar surface area (TPSA) is 60.5 Å². The van der Waals surface area contributed by atoms with Crippen molar-refractivity contribution in [3.05, 3.63) is 59.1 Å². The number of hydrogen-bond acceptors (Lipinski definition) is 5. The molecule has 0 spiro atoms. The number of carbonyl (C=O) groups excluding carboxylic acids is 1. The predicted octanol–water partition coefficient (Wildman–Crippen LogP) is 5.00. The van der Waals surface area contributed by atoms with E-state index in [-0.39, 0.29) is 5.91 Å². The third kappa shape index (κ3) is 4.74. The van der Waals surface area contributed by atoms with E-state index in [4.69, 9.17) is 9.47 Å². The Balaban J connectivity index is 1.70. The van der Waals surface area contributed by atoms with E-state index in [0.29, 0.717) is 11.5 Å². The molecule has 1 amide bonds. The molecule has 3 rings (SSSR count). The zero-order valence-corrected chi connectivity index (χ0v) is 16.2. The minimum Gasteiger partial charge on any atom is -0.493 e. The van der Waals surface area contributed by atoms with Gasteiger partial charge in [0.2, 0.25) is 5.91 Å². The number of nitrogens with one attached hydrogen (secondary N) is 1. The summed E-state index contributed by atoms with van der Waals surface area (Å²) in [5.74, 6) is 1.30. The summed E-state index contributed by atoms with van der Waals surface area (Å²) >= 11 is 1.59. The molecule has 0 aliphatic carbocycles. The van der Waals surface area contributed by atoms with Gasteiger partial charge >= 0.3 is 0 Å². The van der Waals surface area contributed by atoms with E-state index in [0.717, 1.165) is 26.5 Å². The number of carbonyl (C=O) groups is 1. The van der Waals surface area contributed by atoms with Crippen LogP contribution in [-0.4, -0.2) is 25.1 Å². The molecule has 5 nitrogen and oxygen atoms in total. The molecule has 0 radical (unpaired) electrons. The molecule has 1 N–H and O–H groups in total. The van der Waals surface area contributed by atoms with Gasteiger partial charge < -0.3 is 14.8 Å². The molecule has 0 unspecified atom stereocenters. The molecule has 0 aliphatic rings. The maximum atomic E-state index is 11.0. The number of allylic oxidation sites excluding steroid dienone is 2. The molecule has 1 aromatic heterocycles. The lowest BCUT2D eigenvalue weighted by atomic mass is 10.2. The van der Waals surface area contributed by atoms with Crippen molar-refractivity contribution in [3.8, 4) is 11.5 Å². The van der Waals surface area contributed by atoms with Crippen LogP contribution in [0.15, 0.2) is 48.6 Å². The summed E-state index contributed by atoms with van der Waals surface area (Å²) in [4.78, 5) is 15.6. The van der Waals surface area contributed by atoms with Crippen LogP contribution in [0.5, 0.6) is 11.5 Å². The molecule has 0 aliphatic heterocycles. The van der Waals surface area contributed by atoms with Gasteiger partial charge in [0.15, 0.2) is 11.5 Å². The fourth-order valence-electron chi connectivity index (χ4n) is 2.53. The van der Waals surface area contributed by atoms with Gasteiger partial charge in [-0.05, 0) is 23.8 Å². The van der Waals surface area contributed by atoms with Gasteiger partial charge in [-0.1, -0.05) is 30.4 Å². The molecule has 0 bridgehead atoms. The molecule has 0 fully saturated rings. The van der Waals surface area contributed by atoms with Crippen LogP contribution in [0.2, 0.25) is 0 Å². The SMILES string of the molecule is COc1cc2nc(/C=C/C=C/c3ccc(NC(C)=O)cc3)sc2cc1O[11CH3]. The lowest BCUT2D eigenvalue weighted by Crippen LogP contribution is -2.05. The van der Waals surface area contributed by atoms with Crippen LogP contribution in [0.1, 0.15) is 17.5 Å².